The van der Waals surface area contributed by atoms with Crippen LogP contribution in [-0.4, -0.2) is 32.4 Å². The summed E-state index contributed by atoms with van der Waals surface area (Å²) in [6.45, 7) is 6.00. The van der Waals surface area contributed by atoms with Crippen LogP contribution in [0.3, 0.4) is 0 Å². The fourth-order valence-corrected chi connectivity index (χ4v) is 4.36. The minimum absolute atomic E-state index is 0.000739. The Bertz CT molecular complexity index is 525. The number of nitrogens with zero attached hydrogens (tertiary/aromatic N) is 1. The molecule has 0 aromatic carbocycles. The van der Waals surface area contributed by atoms with Gasteiger partial charge in [-0.25, -0.2) is 4.79 Å². The lowest BCUT2D eigenvalue weighted by Gasteiger charge is -2.31. The molecule has 2 N–H and O–H groups in total. The Labute approximate surface area is 133 Å². The van der Waals surface area contributed by atoms with Crippen molar-refractivity contribution in [2.24, 2.45) is 0 Å². The van der Waals surface area contributed by atoms with Gasteiger partial charge in [-0.3, -0.25) is 4.21 Å². The molecule has 1 aliphatic rings. The molecule has 2 amide bonds. The maximum Gasteiger partial charge on any atom is 0.315 e. The van der Waals surface area contributed by atoms with Crippen molar-refractivity contribution in [1.29, 1.82) is 0 Å². The van der Waals surface area contributed by atoms with E-state index in [2.05, 4.69) is 15.8 Å². The lowest BCUT2D eigenvalue weighted by Crippen LogP contribution is -2.50. The first kappa shape index (κ1) is 17.0. The van der Waals surface area contributed by atoms with E-state index in [0.717, 1.165) is 42.7 Å². The molecule has 0 radical (unpaired) electrons. The molecule has 0 spiro atoms. The van der Waals surface area contributed by atoms with Crippen molar-refractivity contribution in [3.63, 3.8) is 0 Å². The van der Waals surface area contributed by atoms with Crippen LogP contribution >= 0.6 is 0 Å². The van der Waals surface area contributed by atoms with E-state index in [9.17, 15) is 9.00 Å². The van der Waals surface area contributed by atoms with Crippen LogP contribution in [0.4, 0.5) is 4.79 Å². The molecule has 0 bridgehead atoms. The predicted molar refractivity (Wildman–Crippen MR) is 86.1 cm³/mol. The molecule has 3 atom stereocenters. The van der Waals surface area contributed by atoms with Crippen LogP contribution in [0.15, 0.2) is 4.52 Å². The predicted octanol–water partition coefficient (Wildman–Crippen LogP) is 2.17. The molecule has 7 heteroatoms. The molecule has 1 heterocycles. The van der Waals surface area contributed by atoms with Gasteiger partial charge in [-0.1, -0.05) is 24.9 Å². The van der Waals surface area contributed by atoms with Crippen LogP contribution in [0.25, 0.3) is 0 Å². The Morgan fingerprint density at radius 2 is 2.09 bits per heavy atom. The molecule has 1 aromatic heterocycles. The van der Waals surface area contributed by atoms with Crippen LogP contribution < -0.4 is 10.6 Å². The fraction of sp³-hybridized carbons (Fsp3) is 0.733. The van der Waals surface area contributed by atoms with E-state index in [1.165, 1.54) is 0 Å². The summed E-state index contributed by atoms with van der Waals surface area (Å²) in [5.74, 6) is 1.37. The van der Waals surface area contributed by atoms with E-state index in [4.69, 9.17) is 4.52 Å². The minimum atomic E-state index is -0.868. The molecule has 6 nitrogen and oxygen atoms in total. The zero-order valence-electron chi connectivity index (χ0n) is 13.5. The topological polar surface area (TPSA) is 84.2 Å². The van der Waals surface area contributed by atoms with Crippen molar-refractivity contribution in [3.05, 3.63) is 17.0 Å². The standard InChI is InChI=1S/C15H25N3O3S/c1-4-22(20)14-8-6-5-7-13(14)17-15(19)16-9-12-10(2)18-21-11(12)3/h13-14H,4-9H2,1-3H3,(H2,16,17,19)/t13-,14+,22+/m0/s1. The van der Waals surface area contributed by atoms with Crippen molar-refractivity contribution >= 4 is 16.8 Å². The summed E-state index contributed by atoms with van der Waals surface area (Å²) < 4.78 is 17.2. The lowest BCUT2D eigenvalue weighted by atomic mass is 9.95. The van der Waals surface area contributed by atoms with Crippen molar-refractivity contribution in [3.8, 4) is 0 Å². The van der Waals surface area contributed by atoms with Crippen molar-refractivity contribution < 1.29 is 13.5 Å². The zero-order valence-corrected chi connectivity index (χ0v) is 14.3. The number of aryl methyl sites for hydroxylation is 2. The van der Waals surface area contributed by atoms with E-state index >= 15 is 0 Å². The van der Waals surface area contributed by atoms with Gasteiger partial charge in [0.15, 0.2) is 0 Å². The van der Waals surface area contributed by atoms with Gasteiger partial charge in [0.2, 0.25) is 0 Å². The van der Waals surface area contributed by atoms with E-state index < -0.39 is 10.8 Å². The van der Waals surface area contributed by atoms with Gasteiger partial charge in [-0.15, -0.1) is 0 Å². The SMILES string of the molecule is CC[S@@](=O)[C@@H]1CCCC[C@@H]1NC(=O)NCc1c(C)noc1C. The minimum Gasteiger partial charge on any atom is -0.361 e. The number of aromatic nitrogens is 1. The largest absolute Gasteiger partial charge is 0.361 e. The first-order valence-corrected chi connectivity index (χ1v) is 9.24. The van der Waals surface area contributed by atoms with Gasteiger partial charge in [-0.2, -0.15) is 0 Å². The molecular formula is C15H25N3O3S. The van der Waals surface area contributed by atoms with E-state index in [-0.39, 0.29) is 17.3 Å². The number of urea groups is 1. The Morgan fingerprint density at radius 1 is 1.36 bits per heavy atom. The molecule has 124 valence electrons. The summed E-state index contributed by atoms with van der Waals surface area (Å²) in [7, 11) is -0.868. The average molecular weight is 327 g/mol. The summed E-state index contributed by atoms with van der Waals surface area (Å²) in [6.07, 6.45) is 3.99. The highest BCUT2D eigenvalue weighted by Gasteiger charge is 2.30. The maximum absolute atomic E-state index is 12.1. The average Bonchev–Trinajstić information content (AvgIpc) is 2.83. The van der Waals surface area contributed by atoms with Crippen molar-refractivity contribution in [1.82, 2.24) is 15.8 Å². The maximum atomic E-state index is 12.1. The van der Waals surface area contributed by atoms with Gasteiger partial charge in [0.05, 0.1) is 10.9 Å². The molecule has 0 saturated heterocycles. The molecule has 1 aromatic rings. The molecule has 22 heavy (non-hydrogen) atoms. The summed E-state index contributed by atoms with van der Waals surface area (Å²) in [5, 5.41) is 9.78. The number of hydrogen-bond donors (Lipinski definition) is 2. The number of carbonyl (C=O) groups excluding carboxylic acids is 1. The number of rotatable bonds is 5. The lowest BCUT2D eigenvalue weighted by molar-refractivity contribution is 0.232. The molecule has 1 aliphatic carbocycles. The van der Waals surface area contributed by atoms with E-state index in [0.29, 0.717) is 12.3 Å². The second-order valence-corrected chi connectivity index (χ2v) is 7.67. The van der Waals surface area contributed by atoms with Gasteiger partial charge < -0.3 is 15.2 Å². The third kappa shape index (κ3) is 4.09. The Morgan fingerprint density at radius 3 is 2.73 bits per heavy atom. The van der Waals surface area contributed by atoms with E-state index in [1.54, 1.807) is 0 Å². The summed E-state index contributed by atoms with van der Waals surface area (Å²) in [5.41, 5.74) is 1.70. The number of amides is 2. The van der Waals surface area contributed by atoms with Crippen molar-refractivity contribution in [2.75, 3.05) is 5.75 Å². The smallest absolute Gasteiger partial charge is 0.315 e. The Kier molecular flexibility index (Phi) is 5.99. The van der Waals surface area contributed by atoms with Gasteiger partial charge in [-0.05, 0) is 26.7 Å². The Hall–Kier alpha value is -1.37. The van der Waals surface area contributed by atoms with Crippen LogP contribution in [0.2, 0.25) is 0 Å². The number of nitrogens with one attached hydrogen (secondary N) is 2. The van der Waals surface area contributed by atoms with Gasteiger partial charge in [0.1, 0.15) is 5.76 Å². The highest BCUT2D eigenvalue weighted by atomic mass is 32.2. The highest BCUT2D eigenvalue weighted by Crippen LogP contribution is 2.23. The highest BCUT2D eigenvalue weighted by molar-refractivity contribution is 7.85. The van der Waals surface area contributed by atoms with Gasteiger partial charge in [0.25, 0.3) is 0 Å². The second-order valence-electron chi connectivity index (χ2n) is 5.73. The number of hydrogen-bond acceptors (Lipinski definition) is 4. The third-order valence-corrected chi connectivity index (χ3v) is 6.06. The van der Waals surface area contributed by atoms with Crippen molar-refractivity contribution in [2.45, 2.75) is 64.3 Å². The quantitative estimate of drug-likeness (QED) is 0.868. The third-order valence-electron chi connectivity index (χ3n) is 4.25. The van der Waals surface area contributed by atoms with Gasteiger partial charge >= 0.3 is 6.03 Å². The number of carbonyl (C=O) groups is 1. The summed E-state index contributed by atoms with van der Waals surface area (Å²) in [4.78, 5) is 12.1. The van der Waals surface area contributed by atoms with Crippen LogP contribution in [0.5, 0.6) is 0 Å². The summed E-state index contributed by atoms with van der Waals surface area (Å²) >= 11 is 0. The van der Waals surface area contributed by atoms with Crippen LogP contribution in [0, 0.1) is 13.8 Å². The summed E-state index contributed by atoms with van der Waals surface area (Å²) in [6, 6.07) is -0.218. The van der Waals surface area contributed by atoms with Crippen LogP contribution in [-0.2, 0) is 17.3 Å². The molecule has 0 aliphatic heterocycles. The molecule has 1 saturated carbocycles. The fourth-order valence-electron chi connectivity index (χ4n) is 2.93. The zero-order chi connectivity index (χ0) is 16.1. The van der Waals surface area contributed by atoms with Gasteiger partial charge in [0, 0.05) is 34.7 Å². The monoisotopic (exact) mass is 327 g/mol. The molecule has 1 fully saturated rings. The first-order valence-electron chi connectivity index (χ1n) is 7.86. The molecule has 0 unspecified atom stereocenters. The second kappa shape index (κ2) is 7.76. The first-order chi connectivity index (χ1) is 10.5. The normalized spacial score (nSPS) is 23.0. The van der Waals surface area contributed by atoms with E-state index in [1.807, 2.05) is 20.8 Å². The Balaban J connectivity index is 1.89. The van der Waals surface area contributed by atoms with Crippen LogP contribution in [0.1, 0.15) is 49.6 Å². The molecule has 2 rings (SSSR count). The molecular weight excluding hydrogens is 302 g/mol.